The first-order chi connectivity index (χ1) is 9.50. The number of hydrogen-bond donors (Lipinski definition) is 1. The number of benzene rings is 2. The highest BCUT2D eigenvalue weighted by atomic mass is 19.2. The summed E-state index contributed by atoms with van der Waals surface area (Å²) in [6.45, 7) is -0.319. The van der Waals surface area contributed by atoms with Crippen molar-refractivity contribution in [3.05, 3.63) is 65.2 Å². The molecule has 0 aliphatic rings. The number of halogens is 4. The van der Waals surface area contributed by atoms with Crippen LogP contribution in [-0.4, -0.2) is 6.61 Å². The molecule has 0 amide bonds. The zero-order valence-electron chi connectivity index (χ0n) is 10.2. The van der Waals surface area contributed by atoms with Gasteiger partial charge in [-0.15, -0.1) is 0 Å². The average Bonchev–Trinajstić information content (AvgIpc) is 2.43. The Balaban J connectivity index is 2.11. The van der Waals surface area contributed by atoms with Gasteiger partial charge in [-0.1, -0.05) is 18.2 Å². The second-order valence-electron chi connectivity index (χ2n) is 4.11. The summed E-state index contributed by atoms with van der Waals surface area (Å²) in [6, 6.07) is 5.97. The maximum Gasteiger partial charge on any atom is 0.200 e. The molecule has 106 valence electrons. The van der Waals surface area contributed by atoms with E-state index in [0.29, 0.717) is 0 Å². The van der Waals surface area contributed by atoms with Crippen molar-refractivity contribution in [1.29, 1.82) is 0 Å². The van der Waals surface area contributed by atoms with Crippen molar-refractivity contribution >= 4 is 0 Å². The Morgan fingerprint density at radius 2 is 1.50 bits per heavy atom. The third kappa shape index (κ3) is 2.91. The highest BCUT2D eigenvalue weighted by Gasteiger charge is 2.16. The van der Waals surface area contributed by atoms with Crippen LogP contribution in [0.2, 0.25) is 0 Å². The molecule has 0 radical (unpaired) electrons. The predicted octanol–water partition coefficient (Wildman–Crippen LogP) is 3.32. The Hall–Kier alpha value is -2.08. The lowest BCUT2D eigenvalue weighted by Crippen LogP contribution is -2.21. The van der Waals surface area contributed by atoms with Crippen LogP contribution in [0.5, 0.6) is 5.75 Å². The lowest BCUT2D eigenvalue weighted by atomic mass is 10.1. The van der Waals surface area contributed by atoms with Crippen LogP contribution in [0.25, 0.3) is 0 Å². The van der Waals surface area contributed by atoms with Crippen molar-refractivity contribution in [1.82, 2.24) is 0 Å². The van der Waals surface area contributed by atoms with E-state index >= 15 is 0 Å². The van der Waals surface area contributed by atoms with Gasteiger partial charge in [-0.2, -0.15) is 4.39 Å². The predicted molar refractivity (Wildman–Crippen MR) is 65.1 cm³/mol. The van der Waals surface area contributed by atoms with E-state index in [2.05, 4.69) is 0 Å². The van der Waals surface area contributed by atoms with Crippen LogP contribution in [0, 0.1) is 23.3 Å². The Bertz CT molecular complexity index is 618. The van der Waals surface area contributed by atoms with Crippen LogP contribution in [0.15, 0.2) is 36.4 Å². The Morgan fingerprint density at radius 1 is 0.900 bits per heavy atom. The molecular weight excluding hydrogens is 274 g/mol. The lowest BCUT2D eigenvalue weighted by Gasteiger charge is -2.15. The summed E-state index contributed by atoms with van der Waals surface area (Å²) < 4.78 is 57.8. The topological polar surface area (TPSA) is 35.2 Å². The molecule has 0 fully saturated rings. The van der Waals surface area contributed by atoms with Gasteiger partial charge in [-0.25, -0.2) is 13.2 Å². The molecule has 1 atom stereocenters. The SMILES string of the molecule is NC(COc1cccc(F)c1F)c1cccc(F)c1F. The smallest absolute Gasteiger partial charge is 0.200 e. The number of nitrogens with two attached hydrogens (primary N) is 1. The van der Waals surface area contributed by atoms with Crippen molar-refractivity contribution in [3.63, 3.8) is 0 Å². The summed E-state index contributed by atoms with van der Waals surface area (Å²) in [4.78, 5) is 0. The molecule has 0 aliphatic carbocycles. The highest BCUT2D eigenvalue weighted by molar-refractivity contribution is 5.26. The second kappa shape index (κ2) is 5.92. The molecule has 2 aromatic carbocycles. The minimum Gasteiger partial charge on any atom is -0.488 e. The van der Waals surface area contributed by atoms with Crippen molar-refractivity contribution in [2.75, 3.05) is 6.61 Å². The first-order valence-electron chi connectivity index (χ1n) is 5.77. The van der Waals surface area contributed by atoms with Gasteiger partial charge in [0.1, 0.15) is 6.61 Å². The van der Waals surface area contributed by atoms with Gasteiger partial charge in [-0.05, 0) is 18.2 Å². The fourth-order valence-corrected chi connectivity index (χ4v) is 1.67. The maximum atomic E-state index is 13.5. The summed E-state index contributed by atoms with van der Waals surface area (Å²) in [5, 5.41) is 0. The molecule has 0 bridgehead atoms. The van der Waals surface area contributed by atoms with E-state index in [0.717, 1.165) is 12.1 Å². The largest absolute Gasteiger partial charge is 0.488 e. The summed E-state index contributed by atoms with van der Waals surface area (Å²) in [5.41, 5.74) is 5.56. The van der Waals surface area contributed by atoms with Gasteiger partial charge in [0.2, 0.25) is 5.82 Å². The Kier molecular flexibility index (Phi) is 4.24. The molecule has 20 heavy (non-hydrogen) atoms. The maximum absolute atomic E-state index is 13.5. The Morgan fingerprint density at radius 3 is 2.20 bits per heavy atom. The molecule has 0 heterocycles. The highest BCUT2D eigenvalue weighted by Crippen LogP contribution is 2.22. The van der Waals surface area contributed by atoms with Gasteiger partial charge in [0.05, 0.1) is 6.04 Å². The lowest BCUT2D eigenvalue weighted by molar-refractivity contribution is 0.269. The summed E-state index contributed by atoms with van der Waals surface area (Å²) in [6.07, 6.45) is 0. The van der Waals surface area contributed by atoms with Gasteiger partial charge in [-0.3, -0.25) is 0 Å². The van der Waals surface area contributed by atoms with Crippen molar-refractivity contribution in [2.45, 2.75) is 6.04 Å². The normalized spacial score (nSPS) is 12.2. The molecule has 2 nitrogen and oxygen atoms in total. The molecule has 0 spiro atoms. The number of ether oxygens (including phenoxy) is 1. The molecule has 0 saturated carbocycles. The van der Waals surface area contributed by atoms with E-state index in [-0.39, 0.29) is 17.9 Å². The van der Waals surface area contributed by atoms with Gasteiger partial charge in [0.15, 0.2) is 23.2 Å². The van der Waals surface area contributed by atoms with Crippen LogP contribution in [0.3, 0.4) is 0 Å². The van der Waals surface area contributed by atoms with Gasteiger partial charge in [0.25, 0.3) is 0 Å². The fraction of sp³-hybridized carbons (Fsp3) is 0.143. The molecular formula is C14H11F4NO. The van der Waals surface area contributed by atoms with Crippen LogP contribution in [0.1, 0.15) is 11.6 Å². The summed E-state index contributed by atoms with van der Waals surface area (Å²) in [7, 11) is 0. The van der Waals surface area contributed by atoms with E-state index < -0.39 is 29.3 Å². The Labute approximate surface area is 112 Å². The van der Waals surface area contributed by atoms with E-state index in [4.69, 9.17) is 10.5 Å². The first-order valence-corrected chi connectivity index (χ1v) is 5.77. The van der Waals surface area contributed by atoms with Gasteiger partial charge in [0, 0.05) is 5.56 Å². The van der Waals surface area contributed by atoms with Crippen molar-refractivity contribution in [2.24, 2.45) is 5.73 Å². The second-order valence-corrected chi connectivity index (χ2v) is 4.11. The van der Waals surface area contributed by atoms with Crippen molar-refractivity contribution in [3.8, 4) is 5.75 Å². The van der Waals surface area contributed by atoms with E-state index in [1.54, 1.807) is 0 Å². The van der Waals surface area contributed by atoms with Crippen LogP contribution in [-0.2, 0) is 0 Å². The summed E-state index contributed by atoms with van der Waals surface area (Å²) >= 11 is 0. The third-order valence-corrected chi connectivity index (χ3v) is 2.72. The van der Waals surface area contributed by atoms with E-state index in [9.17, 15) is 17.6 Å². The van der Waals surface area contributed by atoms with Crippen LogP contribution in [0.4, 0.5) is 17.6 Å². The average molecular weight is 285 g/mol. The van der Waals surface area contributed by atoms with Crippen LogP contribution >= 0.6 is 0 Å². The molecule has 0 saturated heterocycles. The molecule has 0 aliphatic heterocycles. The monoisotopic (exact) mass is 285 g/mol. The first kappa shape index (κ1) is 14.3. The van der Waals surface area contributed by atoms with Crippen LogP contribution < -0.4 is 10.5 Å². The zero-order chi connectivity index (χ0) is 14.7. The third-order valence-electron chi connectivity index (χ3n) is 2.72. The molecule has 2 rings (SSSR count). The molecule has 2 N–H and O–H groups in total. The standard InChI is InChI=1S/C14H11F4NO/c15-9-4-1-3-8(13(9)17)11(19)7-20-12-6-2-5-10(16)14(12)18/h1-6,11H,7,19H2. The molecule has 6 heteroatoms. The molecule has 1 unspecified atom stereocenters. The van der Waals surface area contributed by atoms with Gasteiger partial charge >= 0.3 is 0 Å². The molecule has 2 aromatic rings. The quantitative estimate of drug-likeness (QED) is 0.875. The molecule has 0 aromatic heterocycles. The van der Waals surface area contributed by atoms with Crippen molar-refractivity contribution < 1.29 is 22.3 Å². The fourth-order valence-electron chi connectivity index (χ4n) is 1.67. The number of rotatable bonds is 4. The number of hydrogen-bond acceptors (Lipinski definition) is 2. The van der Waals surface area contributed by atoms with E-state index in [1.165, 1.54) is 24.3 Å². The minimum absolute atomic E-state index is 0.0955. The summed E-state index contributed by atoms with van der Waals surface area (Å²) in [5.74, 6) is -4.66. The van der Waals surface area contributed by atoms with Gasteiger partial charge < -0.3 is 10.5 Å². The zero-order valence-corrected chi connectivity index (χ0v) is 10.2. The van der Waals surface area contributed by atoms with E-state index in [1.807, 2.05) is 0 Å². The minimum atomic E-state index is -1.15.